The Labute approximate surface area is 79.7 Å². The van der Waals surface area contributed by atoms with Gasteiger partial charge in [0.1, 0.15) is 6.10 Å². The molecule has 1 aliphatic rings. The van der Waals surface area contributed by atoms with E-state index in [4.69, 9.17) is 4.74 Å². The lowest BCUT2D eigenvalue weighted by molar-refractivity contribution is -0.144. The maximum atomic E-state index is 9.63. The highest BCUT2D eigenvalue weighted by Gasteiger charge is 2.33. The van der Waals surface area contributed by atoms with Crippen LogP contribution in [0.25, 0.3) is 0 Å². The molecule has 13 heavy (non-hydrogen) atoms. The maximum Gasteiger partial charge on any atom is 0.106 e. The third-order valence-electron chi connectivity index (χ3n) is 2.33. The number of rotatable bonds is 1. The zero-order chi connectivity index (χ0) is 10.1. The summed E-state index contributed by atoms with van der Waals surface area (Å²) in [5, 5.41) is 19.0. The number of ether oxygens (including phenoxy) is 1. The molecule has 0 spiro atoms. The van der Waals surface area contributed by atoms with Crippen LogP contribution >= 0.6 is 0 Å². The van der Waals surface area contributed by atoms with Gasteiger partial charge in [-0.25, -0.2) is 0 Å². The van der Waals surface area contributed by atoms with Gasteiger partial charge in [0.05, 0.1) is 12.2 Å². The van der Waals surface area contributed by atoms with Gasteiger partial charge in [-0.3, -0.25) is 0 Å². The summed E-state index contributed by atoms with van der Waals surface area (Å²) in [6, 6.07) is 0. The lowest BCUT2D eigenvalue weighted by Crippen LogP contribution is -2.45. The minimum absolute atomic E-state index is 0.128. The normalized spacial score (nSPS) is 36.2. The van der Waals surface area contributed by atoms with Crippen LogP contribution in [0.5, 0.6) is 0 Å². The van der Waals surface area contributed by atoms with Gasteiger partial charge in [-0.15, -0.1) is 0 Å². The first-order chi connectivity index (χ1) is 5.90. The largest absolute Gasteiger partial charge is 0.390 e. The predicted molar refractivity (Wildman–Crippen MR) is 50.4 cm³/mol. The zero-order valence-corrected chi connectivity index (χ0v) is 8.66. The highest BCUT2D eigenvalue weighted by Crippen LogP contribution is 2.27. The number of hydrogen-bond acceptors (Lipinski definition) is 3. The molecule has 0 aliphatic carbocycles. The third-order valence-corrected chi connectivity index (χ3v) is 2.33. The molecule has 0 aromatic rings. The average Bonchev–Trinajstić information content (AvgIpc) is 1.96. The Kier molecular flexibility index (Phi) is 3.33. The Morgan fingerprint density at radius 1 is 1.31 bits per heavy atom. The topological polar surface area (TPSA) is 49.7 Å². The van der Waals surface area contributed by atoms with E-state index in [2.05, 4.69) is 20.8 Å². The molecule has 0 bridgehead atoms. The molecule has 1 heterocycles. The second-order valence-corrected chi connectivity index (χ2v) is 5.02. The SMILES string of the molecule is CC(C)(C)C[C@H]1OCC[C@@H](O)[C@@H]1O. The van der Waals surface area contributed by atoms with E-state index in [1.807, 2.05) is 0 Å². The zero-order valence-electron chi connectivity index (χ0n) is 8.66. The van der Waals surface area contributed by atoms with Gasteiger partial charge in [-0.1, -0.05) is 20.8 Å². The lowest BCUT2D eigenvalue weighted by atomic mass is 9.85. The molecule has 1 aliphatic heterocycles. The van der Waals surface area contributed by atoms with E-state index < -0.39 is 12.2 Å². The second kappa shape index (κ2) is 3.95. The van der Waals surface area contributed by atoms with E-state index >= 15 is 0 Å². The van der Waals surface area contributed by atoms with Crippen LogP contribution < -0.4 is 0 Å². The molecular formula is C10H20O3. The van der Waals surface area contributed by atoms with Crippen molar-refractivity contribution in [1.29, 1.82) is 0 Å². The van der Waals surface area contributed by atoms with E-state index in [1.54, 1.807) is 0 Å². The highest BCUT2D eigenvalue weighted by atomic mass is 16.5. The van der Waals surface area contributed by atoms with Crippen LogP contribution in [0.15, 0.2) is 0 Å². The quantitative estimate of drug-likeness (QED) is 0.643. The van der Waals surface area contributed by atoms with E-state index in [0.29, 0.717) is 13.0 Å². The monoisotopic (exact) mass is 188 g/mol. The summed E-state index contributed by atoms with van der Waals surface area (Å²) in [6.07, 6.45) is -0.203. The van der Waals surface area contributed by atoms with E-state index in [0.717, 1.165) is 6.42 Å². The van der Waals surface area contributed by atoms with Crippen molar-refractivity contribution in [1.82, 2.24) is 0 Å². The number of aliphatic hydroxyl groups is 2. The standard InChI is InChI=1S/C10H20O3/c1-10(2,3)6-8-9(12)7(11)4-5-13-8/h7-9,11-12H,4-6H2,1-3H3/t7-,8-,9+/m1/s1. The fourth-order valence-corrected chi connectivity index (χ4v) is 1.64. The smallest absolute Gasteiger partial charge is 0.106 e. The molecular weight excluding hydrogens is 168 g/mol. The van der Waals surface area contributed by atoms with E-state index in [9.17, 15) is 10.2 Å². The van der Waals surface area contributed by atoms with Crippen molar-refractivity contribution in [3.8, 4) is 0 Å². The van der Waals surface area contributed by atoms with Crippen LogP contribution in [0.3, 0.4) is 0 Å². The van der Waals surface area contributed by atoms with Crippen molar-refractivity contribution in [2.24, 2.45) is 5.41 Å². The molecule has 3 heteroatoms. The van der Waals surface area contributed by atoms with Gasteiger partial charge < -0.3 is 14.9 Å². The van der Waals surface area contributed by atoms with Crippen LogP contribution in [0.4, 0.5) is 0 Å². The van der Waals surface area contributed by atoms with Crippen LogP contribution in [-0.2, 0) is 4.74 Å². The summed E-state index contributed by atoms with van der Waals surface area (Å²) in [4.78, 5) is 0. The van der Waals surface area contributed by atoms with Gasteiger partial charge in [0.25, 0.3) is 0 Å². The van der Waals surface area contributed by atoms with Gasteiger partial charge in [0, 0.05) is 6.61 Å². The molecule has 1 rings (SSSR count). The van der Waals surface area contributed by atoms with Crippen molar-refractivity contribution >= 4 is 0 Å². The van der Waals surface area contributed by atoms with E-state index in [1.165, 1.54) is 0 Å². The Morgan fingerprint density at radius 3 is 2.46 bits per heavy atom. The predicted octanol–water partition coefficient (Wildman–Crippen LogP) is 0.933. The summed E-state index contributed by atoms with van der Waals surface area (Å²) in [5.41, 5.74) is 0.128. The van der Waals surface area contributed by atoms with Gasteiger partial charge in [0.2, 0.25) is 0 Å². The second-order valence-electron chi connectivity index (χ2n) is 5.02. The fourth-order valence-electron chi connectivity index (χ4n) is 1.64. The number of aliphatic hydroxyl groups excluding tert-OH is 2. The summed E-state index contributed by atoms with van der Waals surface area (Å²) in [5.74, 6) is 0. The van der Waals surface area contributed by atoms with Crippen molar-refractivity contribution in [3.05, 3.63) is 0 Å². The summed E-state index contributed by atoms with van der Waals surface area (Å²) in [7, 11) is 0. The van der Waals surface area contributed by atoms with Gasteiger partial charge in [-0.2, -0.15) is 0 Å². The fraction of sp³-hybridized carbons (Fsp3) is 1.00. The Morgan fingerprint density at radius 2 is 1.92 bits per heavy atom. The first-order valence-electron chi connectivity index (χ1n) is 4.88. The average molecular weight is 188 g/mol. The molecule has 78 valence electrons. The molecule has 0 unspecified atom stereocenters. The maximum absolute atomic E-state index is 9.63. The molecule has 2 N–H and O–H groups in total. The summed E-state index contributed by atoms with van der Waals surface area (Å²) in [6.45, 7) is 6.86. The van der Waals surface area contributed by atoms with Crippen molar-refractivity contribution in [2.75, 3.05) is 6.61 Å². The van der Waals surface area contributed by atoms with Crippen LogP contribution in [-0.4, -0.2) is 35.1 Å². The van der Waals surface area contributed by atoms with Gasteiger partial charge >= 0.3 is 0 Å². The molecule has 0 aromatic carbocycles. The number of hydrogen-bond donors (Lipinski definition) is 2. The molecule has 0 aromatic heterocycles. The van der Waals surface area contributed by atoms with E-state index in [-0.39, 0.29) is 11.5 Å². The Hall–Kier alpha value is -0.120. The lowest BCUT2D eigenvalue weighted by Gasteiger charge is -2.35. The molecule has 1 saturated heterocycles. The molecule has 1 fully saturated rings. The molecule has 0 amide bonds. The summed E-state index contributed by atoms with van der Waals surface area (Å²) < 4.78 is 5.43. The summed E-state index contributed by atoms with van der Waals surface area (Å²) >= 11 is 0. The van der Waals surface area contributed by atoms with Crippen molar-refractivity contribution in [2.45, 2.75) is 51.9 Å². The van der Waals surface area contributed by atoms with Gasteiger partial charge in [0.15, 0.2) is 0 Å². The highest BCUT2D eigenvalue weighted by molar-refractivity contribution is 4.83. The molecule has 3 nitrogen and oxygen atoms in total. The van der Waals surface area contributed by atoms with Crippen LogP contribution in [0, 0.1) is 5.41 Å². The van der Waals surface area contributed by atoms with Crippen LogP contribution in [0.2, 0.25) is 0 Å². The molecule has 0 radical (unpaired) electrons. The molecule has 3 atom stereocenters. The minimum atomic E-state index is -0.715. The minimum Gasteiger partial charge on any atom is -0.390 e. The van der Waals surface area contributed by atoms with Gasteiger partial charge in [-0.05, 0) is 18.3 Å². The Balaban J connectivity index is 2.49. The third kappa shape index (κ3) is 3.25. The van der Waals surface area contributed by atoms with Crippen LogP contribution in [0.1, 0.15) is 33.6 Å². The first-order valence-corrected chi connectivity index (χ1v) is 4.88. The first kappa shape index (κ1) is 11.0. The molecule has 0 saturated carbocycles. The van der Waals surface area contributed by atoms with Crippen molar-refractivity contribution < 1.29 is 14.9 Å². The Bertz CT molecular complexity index is 162. The van der Waals surface area contributed by atoms with Crippen molar-refractivity contribution in [3.63, 3.8) is 0 Å².